The molecule has 1 aliphatic rings. The number of alkyl halides is 3. The summed E-state index contributed by atoms with van der Waals surface area (Å²) in [5.74, 6) is -4.75. The fraction of sp³-hybridized carbons (Fsp3) is 0.364. The number of halogens is 3. The van der Waals surface area contributed by atoms with Gasteiger partial charge in [-0.2, -0.15) is 13.2 Å². The van der Waals surface area contributed by atoms with Gasteiger partial charge in [0.05, 0.1) is 7.11 Å². The predicted octanol–water partition coefficient (Wildman–Crippen LogP) is 2.79. The van der Waals surface area contributed by atoms with E-state index in [2.05, 4.69) is 10.1 Å². The van der Waals surface area contributed by atoms with E-state index in [0.717, 1.165) is 27.3 Å². The molecule has 3 N–H and O–H groups in total. The van der Waals surface area contributed by atoms with Crippen LogP contribution in [0.15, 0.2) is 48.5 Å². The first-order chi connectivity index (χ1) is 14.9. The summed E-state index contributed by atoms with van der Waals surface area (Å²) in [5.41, 5.74) is 7.27. The molecule has 0 bridgehead atoms. The monoisotopic (exact) mass is 451 g/mol. The number of hydrogen-bond donors (Lipinski definition) is 2. The molecule has 0 aromatic heterocycles. The van der Waals surface area contributed by atoms with Crippen LogP contribution in [-0.4, -0.2) is 48.6 Å². The van der Waals surface area contributed by atoms with E-state index in [0.29, 0.717) is 6.42 Å². The molecule has 2 aromatic rings. The van der Waals surface area contributed by atoms with Crippen molar-refractivity contribution in [3.8, 4) is 16.9 Å². The molecule has 1 aliphatic heterocycles. The number of carbonyl (C=O) groups is 2. The lowest BCUT2D eigenvalue weighted by Gasteiger charge is -2.31. The number of hydrogen-bond acceptors (Lipinski definition) is 6. The van der Waals surface area contributed by atoms with Crippen molar-refractivity contribution in [3.05, 3.63) is 54.1 Å². The van der Waals surface area contributed by atoms with E-state index < -0.39 is 29.6 Å². The van der Waals surface area contributed by atoms with Crippen molar-refractivity contribution >= 4 is 11.9 Å². The summed E-state index contributed by atoms with van der Waals surface area (Å²) < 4.78 is 47.5. The summed E-state index contributed by atoms with van der Waals surface area (Å²) in [6.45, 7) is 1.51. The summed E-state index contributed by atoms with van der Waals surface area (Å²) in [7, 11) is 2.76. The van der Waals surface area contributed by atoms with E-state index in [1.54, 1.807) is 7.11 Å². The molecule has 10 heteroatoms. The first-order valence-corrected chi connectivity index (χ1v) is 9.78. The number of carbonyl (C=O) groups excluding carboxylic acids is 2. The first-order valence-electron chi connectivity index (χ1n) is 9.78. The molecule has 0 aliphatic carbocycles. The van der Waals surface area contributed by atoms with E-state index in [-0.39, 0.29) is 6.42 Å². The number of nitrogens with one attached hydrogen (secondary N) is 1. The number of ether oxygens (including phenoxy) is 2. The Morgan fingerprint density at radius 1 is 1.16 bits per heavy atom. The molecule has 2 unspecified atom stereocenters. The highest BCUT2D eigenvalue weighted by Gasteiger charge is 2.58. The van der Waals surface area contributed by atoms with Crippen molar-refractivity contribution < 1.29 is 32.2 Å². The number of likely N-dealkylation sites (N-methyl/N-ethyl adjacent to an activating group) is 1. The normalized spacial score (nSPS) is 23.3. The number of benzene rings is 2. The Labute approximate surface area is 183 Å². The highest BCUT2D eigenvalue weighted by molar-refractivity contribution is 5.89. The molecule has 1 amide bonds. The third-order valence-electron chi connectivity index (χ3n) is 5.45. The minimum atomic E-state index is -5.24. The Hall–Kier alpha value is -3.11. The molecule has 1 heterocycles. The highest BCUT2D eigenvalue weighted by atomic mass is 19.4. The summed E-state index contributed by atoms with van der Waals surface area (Å²) in [4.78, 5) is 24.8. The van der Waals surface area contributed by atoms with Gasteiger partial charge in [-0.3, -0.25) is 15.4 Å². The van der Waals surface area contributed by atoms with Gasteiger partial charge in [0.2, 0.25) is 5.91 Å². The highest BCUT2D eigenvalue weighted by Crippen LogP contribution is 2.31. The van der Waals surface area contributed by atoms with Crippen LogP contribution in [0.25, 0.3) is 11.1 Å². The molecular formula is C22H24F3N3O4. The van der Waals surface area contributed by atoms with Gasteiger partial charge in [-0.05, 0) is 48.6 Å². The number of methoxy groups -OCH3 is 1. The fourth-order valence-electron chi connectivity index (χ4n) is 3.62. The molecule has 0 saturated carbocycles. The average molecular weight is 451 g/mol. The van der Waals surface area contributed by atoms with Crippen LogP contribution in [0.4, 0.5) is 13.2 Å². The maximum Gasteiger partial charge on any atom is 0.491 e. The van der Waals surface area contributed by atoms with E-state index in [4.69, 9.17) is 10.5 Å². The number of nitrogens with zero attached hydrogens (tertiary/aromatic N) is 1. The summed E-state index contributed by atoms with van der Waals surface area (Å²) in [6, 6.07) is 15.2. The second-order valence-electron chi connectivity index (χ2n) is 7.84. The molecular weight excluding hydrogens is 427 g/mol. The minimum Gasteiger partial charge on any atom is -0.497 e. The molecule has 1 saturated heterocycles. The van der Waals surface area contributed by atoms with Crippen LogP contribution < -0.4 is 15.8 Å². The zero-order valence-corrected chi connectivity index (χ0v) is 17.8. The van der Waals surface area contributed by atoms with Crippen molar-refractivity contribution in [3.63, 3.8) is 0 Å². The Kier molecular flexibility index (Phi) is 6.21. The van der Waals surface area contributed by atoms with E-state index >= 15 is 0 Å². The Balaban J connectivity index is 1.75. The Morgan fingerprint density at radius 3 is 2.41 bits per heavy atom. The molecule has 7 nitrogen and oxygen atoms in total. The van der Waals surface area contributed by atoms with Crippen molar-refractivity contribution in [2.45, 2.75) is 37.5 Å². The van der Waals surface area contributed by atoms with Crippen molar-refractivity contribution in [2.24, 2.45) is 5.73 Å². The number of nitrogens with two attached hydrogens (primary N) is 1. The largest absolute Gasteiger partial charge is 0.497 e. The average Bonchev–Trinajstić information content (AvgIpc) is 2.92. The Bertz CT molecular complexity index is 1030. The van der Waals surface area contributed by atoms with Crippen LogP contribution in [0.1, 0.15) is 18.9 Å². The second kappa shape index (κ2) is 8.44. The summed E-state index contributed by atoms with van der Waals surface area (Å²) in [5, 5.41) is 2.57. The fourth-order valence-corrected chi connectivity index (χ4v) is 3.62. The third-order valence-corrected chi connectivity index (χ3v) is 5.45. The molecule has 2 aromatic carbocycles. The van der Waals surface area contributed by atoms with Crippen LogP contribution in [0.3, 0.4) is 0 Å². The molecule has 1 fully saturated rings. The number of rotatable bonds is 6. The number of amides is 1. The summed E-state index contributed by atoms with van der Waals surface area (Å²) >= 11 is 0. The van der Waals surface area contributed by atoms with Gasteiger partial charge in [-0.1, -0.05) is 36.4 Å². The third kappa shape index (κ3) is 4.71. The van der Waals surface area contributed by atoms with E-state index in [9.17, 15) is 22.8 Å². The van der Waals surface area contributed by atoms with E-state index in [1.165, 1.54) is 14.0 Å². The zero-order chi connectivity index (χ0) is 23.7. The van der Waals surface area contributed by atoms with Gasteiger partial charge in [0, 0.05) is 7.05 Å². The zero-order valence-electron chi connectivity index (χ0n) is 17.8. The summed E-state index contributed by atoms with van der Waals surface area (Å²) in [6.07, 6.45) is -4.61. The molecule has 32 heavy (non-hydrogen) atoms. The lowest BCUT2D eigenvalue weighted by atomic mass is 9.92. The molecule has 3 rings (SSSR count). The quantitative estimate of drug-likeness (QED) is 0.518. The smallest absolute Gasteiger partial charge is 0.491 e. The van der Waals surface area contributed by atoms with Gasteiger partial charge in [-0.15, -0.1) is 0 Å². The van der Waals surface area contributed by atoms with Gasteiger partial charge >= 0.3 is 18.1 Å². The SMILES string of the molecule is COc1cccc(-c2cccc(CCC3(C)NC(N)(OC(=O)C(F)(F)F)N(C)C3=O)c2)c1. The Morgan fingerprint density at radius 2 is 1.78 bits per heavy atom. The van der Waals surface area contributed by atoms with Gasteiger partial charge in [0.15, 0.2) is 0 Å². The number of aryl methyl sites for hydroxylation is 1. The van der Waals surface area contributed by atoms with E-state index in [1.807, 2.05) is 48.5 Å². The van der Waals surface area contributed by atoms with Crippen LogP contribution in [0.5, 0.6) is 5.75 Å². The van der Waals surface area contributed by atoms with Crippen LogP contribution in [-0.2, 0) is 20.7 Å². The molecule has 0 spiro atoms. The van der Waals surface area contributed by atoms with Gasteiger partial charge < -0.3 is 9.47 Å². The minimum absolute atomic E-state index is 0.209. The maximum atomic E-state index is 12.8. The lowest BCUT2D eigenvalue weighted by molar-refractivity contribution is -0.228. The topological polar surface area (TPSA) is 93.9 Å². The molecule has 0 radical (unpaired) electrons. The van der Waals surface area contributed by atoms with Crippen LogP contribution in [0, 0.1) is 0 Å². The van der Waals surface area contributed by atoms with Gasteiger partial charge in [0.25, 0.3) is 0 Å². The number of esters is 1. The van der Waals surface area contributed by atoms with Crippen LogP contribution in [0.2, 0.25) is 0 Å². The van der Waals surface area contributed by atoms with Crippen molar-refractivity contribution in [1.82, 2.24) is 10.2 Å². The second-order valence-corrected chi connectivity index (χ2v) is 7.84. The van der Waals surface area contributed by atoms with Gasteiger partial charge in [0.1, 0.15) is 11.3 Å². The van der Waals surface area contributed by atoms with Gasteiger partial charge in [-0.25, -0.2) is 10.1 Å². The van der Waals surface area contributed by atoms with Crippen molar-refractivity contribution in [1.29, 1.82) is 0 Å². The standard InChI is InChI=1S/C22H24F3N3O4/c1-20(18(29)28(2)22(26,27-20)32-19(30)21(23,24)25)11-10-14-6-4-7-15(12-14)16-8-5-9-17(13-16)31-3/h4-9,12-13,27H,10-11,26H2,1-3H3. The molecule has 172 valence electrons. The first kappa shape index (κ1) is 23.6. The lowest BCUT2D eigenvalue weighted by Crippen LogP contribution is -2.64. The molecule has 2 atom stereocenters. The maximum absolute atomic E-state index is 12.8. The van der Waals surface area contributed by atoms with Crippen molar-refractivity contribution in [2.75, 3.05) is 14.2 Å². The van der Waals surface area contributed by atoms with Crippen LogP contribution >= 0.6 is 0 Å². The predicted molar refractivity (Wildman–Crippen MR) is 110 cm³/mol.